The van der Waals surface area contributed by atoms with Gasteiger partial charge in [-0.3, -0.25) is 0 Å². The summed E-state index contributed by atoms with van der Waals surface area (Å²) in [5, 5.41) is 3.83. The summed E-state index contributed by atoms with van der Waals surface area (Å²) in [5.74, 6) is 3.40. The molecule has 170 valence electrons. The first kappa shape index (κ1) is 23.3. The van der Waals surface area contributed by atoms with Crippen LogP contribution in [0.15, 0.2) is 59.2 Å². The van der Waals surface area contributed by atoms with Crippen molar-refractivity contribution in [2.24, 2.45) is 0 Å². The lowest BCUT2D eigenvalue weighted by molar-refractivity contribution is 0.333. The molecule has 0 spiro atoms. The highest BCUT2D eigenvalue weighted by atomic mass is 32.1. The number of methoxy groups -OCH3 is 3. The third kappa shape index (κ3) is 5.64. The fourth-order valence-corrected chi connectivity index (χ4v) is 3.50. The number of nitrogens with one attached hydrogen (secondary N) is 1. The highest BCUT2D eigenvalue weighted by Gasteiger charge is 2.19. The molecule has 1 N–H and O–H groups in total. The fraction of sp³-hybridized carbons (Fsp3) is 0.292. The zero-order valence-corrected chi connectivity index (χ0v) is 19.5. The van der Waals surface area contributed by atoms with Gasteiger partial charge in [0.2, 0.25) is 0 Å². The molecule has 7 nitrogen and oxygen atoms in total. The van der Waals surface area contributed by atoms with E-state index in [1.54, 1.807) is 33.7 Å². The molecule has 1 heterocycles. The smallest absolute Gasteiger partial charge is 0.174 e. The monoisotopic (exact) mass is 456 g/mol. The lowest BCUT2D eigenvalue weighted by atomic mass is 10.1. The van der Waals surface area contributed by atoms with Gasteiger partial charge in [0.1, 0.15) is 17.3 Å². The maximum atomic E-state index is 5.78. The van der Waals surface area contributed by atoms with Gasteiger partial charge in [-0.2, -0.15) is 0 Å². The molecule has 0 atom stereocenters. The Morgan fingerprint density at radius 1 is 0.906 bits per heavy atom. The lowest BCUT2D eigenvalue weighted by Gasteiger charge is -2.27. The van der Waals surface area contributed by atoms with E-state index in [4.69, 9.17) is 35.6 Å². The summed E-state index contributed by atoms with van der Waals surface area (Å²) in [6.45, 7) is 3.42. The molecule has 0 amide bonds. The topological polar surface area (TPSA) is 65.3 Å². The van der Waals surface area contributed by atoms with Gasteiger partial charge >= 0.3 is 0 Å². The van der Waals surface area contributed by atoms with E-state index in [-0.39, 0.29) is 0 Å². The maximum absolute atomic E-state index is 5.78. The Kier molecular flexibility index (Phi) is 8.21. The molecule has 32 heavy (non-hydrogen) atoms. The number of anilines is 1. The van der Waals surface area contributed by atoms with Gasteiger partial charge in [-0.15, -0.1) is 0 Å². The van der Waals surface area contributed by atoms with E-state index in [1.165, 1.54) is 0 Å². The van der Waals surface area contributed by atoms with E-state index in [0.29, 0.717) is 42.1 Å². The van der Waals surface area contributed by atoms with Crippen molar-refractivity contribution in [2.45, 2.75) is 20.0 Å². The molecule has 2 aromatic carbocycles. The van der Waals surface area contributed by atoms with Crippen LogP contribution in [-0.4, -0.2) is 37.9 Å². The van der Waals surface area contributed by atoms with E-state index in [9.17, 15) is 0 Å². The van der Waals surface area contributed by atoms with Gasteiger partial charge in [0.15, 0.2) is 16.6 Å². The largest absolute Gasteiger partial charge is 0.496 e. The molecule has 0 aliphatic heterocycles. The van der Waals surface area contributed by atoms with Crippen LogP contribution in [0, 0.1) is 0 Å². The Morgan fingerprint density at radius 2 is 1.62 bits per heavy atom. The normalized spacial score (nSPS) is 10.4. The first-order valence-electron chi connectivity index (χ1n) is 10.2. The van der Waals surface area contributed by atoms with E-state index in [1.807, 2.05) is 54.3 Å². The predicted octanol–water partition coefficient (Wildman–Crippen LogP) is 5.10. The minimum atomic E-state index is 0.451. The Labute approximate surface area is 193 Å². The molecular weight excluding hydrogens is 428 g/mol. The quantitative estimate of drug-likeness (QED) is 0.423. The van der Waals surface area contributed by atoms with Gasteiger partial charge in [0.05, 0.1) is 46.4 Å². The fourth-order valence-electron chi connectivity index (χ4n) is 3.26. The number of para-hydroxylation sites is 2. The summed E-state index contributed by atoms with van der Waals surface area (Å²) in [6.07, 6.45) is 1.64. The minimum absolute atomic E-state index is 0.451. The highest BCUT2D eigenvalue weighted by molar-refractivity contribution is 7.80. The molecule has 0 radical (unpaired) electrons. The molecule has 0 bridgehead atoms. The first-order valence-corrected chi connectivity index (χ1v) is 10.6. The van der Waals surface area contributed by atoms with Gasteiger partial charge in [0, 0.05) is 18.2 Å². The number of ether oxygens (including phenoxy) is 4. The minimum Gasteiger partial charge on any atom is -0.496 e. The van der Waals surface area contributed by atoms with Crippen molar-refractivity contribution in [3.63, 3.8) is 0 Å². The Bertz CT molecular complexity index is 1020. The Morgan fingerprint density at radius 3 is 2.28 bits per heavy atom. The number of nitrogens with zero attached hydrogens (tertiary/aromatic N) is 1. The molecule has 3 aromatic rings. The summed E-state index contributed by atoms with van der Waals surface area (Å²) < 4.78 is 27.8. The summed E-state index contributed by atoms with van der Waals surface area (Å²) in [5.41, 5.74) is 1.68. The van der Waals surface area contributed by atoms with Crippen LogP contribution in [-0.2, 0) is 13.1 Å². The molecule has 0 fully saturated rings. The second-order valence-corrected chi connectivity index (χ2v) is 7.20. The van der Waals surface area contributed by atoms with Crippen molar-refractivity contribution >= 4 is 23.0 Å². The predicted molar refractivity (Wildman–Crippen MR) is 128 cm³/mol. The van der Waals surface area contributed by atoms with Crippen LogP contribution in [0.1, 0.15) is 18.2 Å². The summed E-state index contributed by atoms with van der Waals surface area (Å²) in [7, 11) is 4.82. The van der Waals surface area contributed by atoms with Crippen LogP contribution < -0.4 is 24.3 Å². The molecule has 0 saturated carbocycles. The van der Waals surface area contributed by atoms with Gasteiger partial charge in [-0.1, -0.05) is 12.1 Å². The van der Waals surface area contributed by atoms with Crippen molar-refractivity contribution in [2.75, 3.05) is 33.3 Å². The van der Waals surface area contributed by atoms with Gasteiger partial charge in [-0.25, -0.2) is 0 Å². The summed E-state index contributed by atoms with van der Waals surface area (Å²) in [4.78, 5) is 1.99. The van der Waals surface area contributed by atoms with Crippen LogP contribution in [0.5, 0.6) is 23.0 Å². The molecule has 0 aliphatic rings. The number of thiocarbonyl (C=S) groups is 1. The molecule has 0 saturated heterocycles. The van der Waals surface area contributed by atoms with Crippen LogP contribution in [0.3, 0.4) is 0 Å². The molecule has 3 rings (SSSR count). The van der Waals surface area contributed by atoms with Crippen molar-refractivity contribution in [1.82, 2.24) is 4.90 Å². The zero-order valence-electron chi connectivity index (χ0n) is 18.7. The molecular formula is C24H28N2O5S. The lowest BCUT2D eigenvalue weighted by Crippen LogP contribution is -2.34. The standard InChI is InChI=1S/C24H28N2O5S/c1-5-30-20-11-7-6-10-19(20)25-24(32)26(16-18-9-8-12-31-18)15-17-13-22(28-3)23(29-4)14-21(17)27-2/h6-14H,5,15-16H2,1-4H3,(H,25,32). The summed E-state index contributed by atoms with van der Waals surface area (Å²) in [6, 6.07) is 15.2. The average molecular weight is 457 g/mol. The van der Waals surface area contributed by atoms with Crippen LogP contribution >= 0.6 is 12.2 Å². The number of rotatable bonds is 10. The highest BCUT2D eigenvalue weighted by Crippen LogP contribution is 2.35. The Hall–Kier alpha value is -3.39. The van der Waals surface area contributed by atoms with Crippen molar-refractivity contribution in [1.29, 1.82) is 0 Å². The van der Waals surface area contributed by atoms with E-state index >= 15 is 0 Å². The van der Waals surface area contributed by atoms with Crippen molar-refractivity contribution in [3.8, 4) is 23.0 Å². The third-order valence-electron chi connectivity index (χ3n) is 4.79. The van der Waals surface area contributed by atoms with Gasteiger partial charge in [0.25, 0.3) is 0 Å². The molecule has 1 aromatic heterocycles. The van der Waals surface area contributed by atoms with Crippen LogP contribution in [0.4, 0.5) is 5.69 Å². The van der Waals surface area contributed by atoms with Crippen molar-refractivity contribution < 1.29 is 23.4 Å². The van der Waals surface area contributed by atoms with Gasteiger partial charge < -0.3 is 33.6 Å². The number of hydrogen-bond acceptors (Lipinski definition) is 6. The SMILES string of the molecule is CCOc1ccccc1NC(=S)N(Cc1ccco1)Cc1cc(OC)c(OC)cc1OC. The van der Waals surface area contributed by atoms with Crippen molar-refractivity contribution in [3.05, 3.63) is 66.1 Å². The summed E-state index contributed by atoms with van der Waals surface area (Å²) >= 11 is 5.78. The van der Waals surface area contributed by atoms with E-state index in [0.717, 1.165) is 22.8 Å². The molecule has 8 heteroatoms. The van der Waals surface area contributed by atoms with Crippen LogP contribution in [0.2, 0.25) is 0 Å². The number of benzene rings is 2. The van der Waals surface area contributed by atoms with Crippen LogP contribution in [0.25, 0.3) is 0 Å². The molecule has 0 aliphatic carbocycles. The van der Waals surface area contributed by atoms with E-state index < -0.39 is 0 Å². The number of hydrogen-bond donors (Lipinski definition) is 1. The maximum Gasteiger partial charge on any atom is 0.174 e. The van der Waals surface area contributed by atoms with Gasteiger partial charge in [-0.05, 0) is 49.5 Å². The number of furan rings is 1. The second-order valence-electron chi connectivity index (χ2n) is 6.81. The third-order valence-corrected chi connectivity index (χ3v) is 5.15. The molecule has 0 unspecified atom stereocenters. The Balaban J connectivity index is 1.91. The average Bonchev–Trinajstić information content (AvgIpc) is 3.32. The zero-order chi connectivity index (χ0) is 22.9. The first-order chi connectivity index (χ1) is 15.6. The second kappa shape index (κ2) is 11.3. The van der Waals surface area contributed by atoms with E-state index in [2.05, 4.69) is 5.32 Å².